The highest BCUT2D eigenvalue weighted by Crippen LogP contribution is 2.51. The van der Waals surface area contributed by atoms with Crippen LogP contribution in [0, 0.1) is 6.92 Å². The van der Waals surface area contributed by atoms with Crippen LogP contribution < -0.4 is 5.32 Å². The van der Waals surface area contributed by atoms with Crippen LogP contribution in [0.25, 0.3) is 5.69 Å². The maximum atomic E-state index is 12.7. The molecule has 9 heteroatoms. The summed E-state index contributed by atoms with van der Waals surface area (Å²) in [6.07, 6.45) is 0.174. The molecule has 8 nitrogen and oxygen atoms in total. The molecule has 0 saturated heterocycles. The molecule has 0 atom stereocenters. The van der Waals surface area contributed by atoms with Crippen LogP contribution in [0.5, 0.6) is 0 Å². The van der Waals surface area contributed by atoms with Crippen molar-refractivity contribution in [3.8, 4) is 5.69 Å². The molecular weight excluding hydrogens is 403 g/mol. The van der Waals surface area contributed by atoms with Crippen molar-refractivity contribution in [1.82, 2.24) is 15.0 Å². The van der Waals surface area contributed by atoms with Crippen LogP contribution in [0.2, 0.25) is 0 Å². The van der Waals surface area contributed by atoms with E-state index in [2.05, 4.69) is 15.5 Å². The number of benzene rings is 2. The Morgan fingerprint density at radius 3 is 2.23 bits per heavy atom. The second-order valence-corrected chi connectivity index (χ2v) is 8.57. The lowest BCUT2D eigenvalue weighted by Gasteiger charge is -2.17. The van der Waals surface area contributed by atoms with Gasteiger partial charge in [-0.05, 0) is 50.6 Å². The molecule has 1 heterocycles. The molecule has 0 saturated carbocycles. The number of para-hydroxylation sites is 1. The van der Waals surface area contributed by atoms with Crippen LogP contribution in [-0.4, -0.2) is 34.1 Å². The van der Waals surface area contributed by atoms with E-state index < -0.39 is 7.60 Å². The molecule has 0 fully saturated rings. The van der Waals surface area contributed by atoms with E-state index in [-0.39, 0.29) is 17.8 Å². The molecule has 1 aromatic heterocycles. The third-order valence-corrected chi connectivity index (χ3v) is 6.28. The summed E-state index contributed by atoms with van der Waals surface area (Å²) >= 11 is 0. The largest absolute Gasteiger partial charge is 0.335 e. The molecule has 2 aromatic carbocycles. The Labute approximate surface area is 175 Å². The van der Waals surface area contributed by atoms with Gasteiger partial charge in [-0.3, -0.25) is 9.36 Å². The van der Waals surface area contributed by atoms with E-state index in [1.165, 1.54) is 4.80 Å². The van der Waals surface area contributed by atoms with E-state index in [0.717, 1.165) is 11.3 Å². The Balaban J connectivity index is 1.69. The molecule has 3 aromatic rings. The number of hydrogen-bond acceptors (Lipinski definition) is 6. The number of carbonyl (C=O) groups excluding carboxylic acids is 1. The average Bonchev–Trinajstić information content (AvgIpc) is 3.12. The fourth-order valence-electron chi connectivity index (χ4n) is 2.89. The summed E-state index contributed by atoms with van der Waals surface area (Å²) in [6.45, 7) is 5.92. The smallest absolute Gasteiger partial charge is 0.321 e. The van der Waals surface area contributed by atoms with Crippen LogP contribution in [-0.2, 0) is 19.8 Å². The molecule has 0 aliphatic heterocycles. The van der Waals surface area contributed by atoms with Crippen molar-refractivity contribution in [3.05, 3.63) is 71.5 Å². The van der Waals surface area contributed by atoms with Crippen LogP contribution in [0.3, 0.4) is 0 Å². The minimum atomic E-state index is -3.17. The van der Waals surface area contributed by atoms with Gasteiger partial charge in [0.15, 0.2) is 5.69 Å². The Morgan fingerprint density at radius 1 is 1.00 bits per heavy atom. The SMILES string of the molecule is CCOP(=O)(Cc1ccc(NC(=O)c2nn(-c3ccccc3)nc2C)cc1)OCC. The lowest BCUT2D eigenvalue weighted by atomic mass is 10.2. The minimum absolute atomic E-state index is 0.174. The number of aryl methyl sites for hydroxylation is 1. The van der Waals surface area contributed by atoms with E-state index >= 15 is 0 Å². The molecule has 30 heavy (non-hydrogen) atoms. The van der Waals surface area contributed by atoms with Crippen molar-refractivity contribution < 1.29 is 18.4 Å². The first-order valence-corrected chi connectivity index (χ1v) is 11.4. The van der Waals surface area contributed by atoms with E-state index in [4.69, 9.17) is 9.05 Å². The van der Waals surface area contributed by atoms with Crippen molar-refractivity contribution >= 4 is 19.2 Å². The van der Waals surface area contributed by atoms with E-state index in [9.17, 15) is 9.36 Å². The molecule has 158 valence electrons. The van der Waals surface area contributed by atoms with Gasteiger partial charge in [0.25, 0.3) is 5.91 Å². The summed E-state index contributed by atoms with van der Waals surface area (Å²) in [6, 6.07) is 16.4. The molecule has 1 N–H and O–H groups in total. The Bertz CT molecular complexity index is 1020. The molecule has 0 aliphatic rings. The number of anilines is 1. The van der Waals surface area contributed by atoms with Crippen LogP contribution in [0.15, 0.2) is 54.6 Å². The van der Waals surface area contributed by atoms with Gasteiger partial charge in [-0.2, -0.15) is 9.90 Å². The standard InChI is InChI=1S/C21H25N4O4P/c1-4-28-30(27,29-5-2)15-17-11-13-18(14-12-17)22-21(26)20-16(3)23-25(24-20)19-9-7-6-8-10-19/h6-14H,4-5,15H2,1-3H3,(H,22,26). The van der Waals surface area contributed by atoms with Gasteiger partial charge in [0.05, 0.1) is 30.8 Å². The number of aromatic nitrogens is 3. The van der Waals surface area contributed by atoms with Gasteiger partial charge in [-0.25, -0.2) is 0 Å². The normalized spacial score (nSPS) is 11.4. The third kappa shape index (κ3) is 5.42. The van der Waals surface area contributed by atoms with Crippen LogP contribution in [0.1, 0.15) is 35.6 Å². The number of rotatable bonds is 9. The fraction of sp³-hybridized carbons (Fsp3) is 0.286. The van der Waals surface area contributed by atoms with Gasteiger partial charge in [0.1, 0.15) is 0 Å². The van der Waals surface area contributed by atoms with Gasteiger partial charge in [0, 0.05) is 5.69 Å². The Kier molecular flexibility index (Phi) is 7.15. The second kappa shape index (κ2) is 9.80. The van der Waals surface area contributed by atoms with E-state index in [0.29, 0.717) is 24.6 Å². The monoisotopic (exact) mass is 428 g/mol. The zero-order chi connectivity index (χ0) is 21.6. The molecule has 0 spiro atoms. The van der Waals surface area contributed by atoms with E-state index in [1.807, 2.05) is 30.3 Å². The maximum absolute atomic E-state index is 12.7. The number of carbonyl (C=O) groups is 1. The number of hydrogen-bond donors (Lipinski definition) is 1. The molecule has 0 aliphatic carbocycles. The number of nitrogens with zero attached hydrogens (tertiary/aromatic N) is 3. The van der Waals surface area contributed by atoms with Gasteiger partial charge >= 0.3 is 7.60 Å². The zero-order valence-corrected chi connectivity index (χ0v) is 18.1. The maximum Gasteiger partial charge on any atom is 0.335 e. The zero-order valence-electron chi connectivity index (χ0n) is 17.2. The summed E-state index contributed by atoms with van der Waals surface area (Å²) < 4.78 is 23.3. The highest BCUT2D eigenvalue weighted by molar-refractivity contribution is 7.53. The number of nitrogens with one attached hydrogen (secondary N) is 1. The van der Waals surface area contributed by atoms with Crippen LogP contribution in [0.4, 0.5) is 5.69 Å². The Morgan fingerprint density at radius 2 is 1.63 bits per heavy atom. The molecule has 0 radical (unpaired) electrons. The van der Waals surface area contributed by atoms with Crippen LogP contribution >= 0.6 is 7.60 Å². The topological polar surface area (TPSA) is 95.3 Å². The summed E-state index contributed by atoms with van der Waals surface area (Å²) in [5, 5.41) is 11.4. The predicted octanol–water partition coefficient (Wildman–Crippen LogP) is 4.59. The first kappa shape index (κ1) is 21.9. The van der Waals surface area contributed by atoms with Gasteiger partial charge in [0.2, 0.25) is 0 Å². The molecule has 3 rings (SSSR count). The average molecular weight is 428 g/mol. The van der Waals surface area contributed by atoms with Crippen molar-refractivity contribution in [1.29, 1.82) is 0 Å². The molecule has 0 bridgehead atoms. The van der Waals surface area contributed by atoms with Crippen molar-refractivity contribution in [2.45, 2.75) is 26.9 Å². The minimum Gasteiger partial charge on any atom is -0.321 e. The summed E-state index contributed by atoms with van der Waals surface area (Å²) in [5.74, 6) is -0.350. The summed E-state index contributed by atoms with van der Waals surface area (Å²) in [7, 11) is -3.17. The van der Waals surface area contributed by atoms with Crippen molar-refractivity contribution in [2.24, 2.45) is 0 Å². The first-order valence-electron chi connectivity index (χ1n) is 9.72. The fourth-order valence-corrected chi connectivity index (χ4v) is 4.60. The number of amides is 1. The Hall–Kier alpha value is -2.80. The van der Waals surface area contributed by atoms with Gasteiger partial charge in [-0.15, -0.1) is 5.10 Å². The molecular formula is C21H25N4O4P. The quantitative estimate of drug-likeness (QED) is 0.501. The van der Waals surface area contributed by atoms with Crippen molar-refractivity contribution in [3.63, 3.8) is 0 Å². The predicted molar refractivity (Wildman–Crippen MR) is 115 cm³/mol. The molecule has 1 amide bonds. The van der Waals surface area contributed by atoms with Gasteiger partial charge in [-0.1, -0.05) is 30.3 Å². The third-order valence-electron chi connectivity index (χ3n) is 4.22. The van der Waals surface area contributed by atoms with Gasteiger partial charge < -0.3 is 14.4 Å². The van der Waals surface area contributed by atoms with Crippen molar-refractivity contribution in [2.75, 3.05) is 18.5 Å². The summed E-state index contributed by atoms with van der Waals surface area (Å²) in [5.41, 5.74) is 2.95. The first-order chi connectivity index (χ1) is 14.4. The molecule has 0 unspecified atom stereocenters. The lowest BCUT2D eigenvalue weighted by Crippen LogP contribution is -2.14. The highest BCUT2D eigenvalue weighted by atomic mass is 31.2. The van der Waals surface area contributed by atoms with E-state index in [1.54, 1.807) is 45.0 Å². The highest BCUT2D eigenvalue weighted by Gasteiger charge is 2.24. The lowest BCUT2D eigenvalue weighted by molar-refractivity contribution is 0.102. The summed E-state index contributed by atoms with van der Waals surface area (Å²) in [4.78, 5) is 14.1. The second-order valence-electron chi connectivity index (χ2n) is 6.51.